The molecule has 0 unspecified atom stereocenters. The van der Waals surface area contributed by atoms with Crippen molar-refractivity contribution in [1.82, 2.24) is 5.16 Å². The van der Waals surface area contributed by atoms with Crippen LogP contribution in [0.4, 0.5) is 0 Å². The summed E-state index contributed by atoms with van der Waals surface area (Å²) in [6.45, 7) is 1.62. The quantitative estimate of drug-likeness (QED) is 0.865. The first kappa shape index (κ1) is 13.4. The first-order valence-corrected chi connectivity index (χ1v) is 6.58. The Balaban J connectivity index is 1.94. The van der Waals surface area contributed by atoms with Gasteiger partial charge >= 0.3 is 5.97 Å². The van der Waals surface area contributed by atoms with Crippen LogP contribution in [-0.2, 0) is 9.53 Å². The molecule has 108 valence electrons. The molecule has 2 aromatic rings. The number of nitrogens with two attached hydrogens (primary N) is 1. The van der Waals surface area contributed by atoms with Crippen LogP contribution >= 0.6 is 0 Å². The van der Waals surface area contributed by atoms with E-state index in [4.69, 9.17) is 15.0 Å². The molecule has 0 aliphatic heterocycles. The van der Waals surface area contributed by atoms with Crippen molar-refractivity contribution >= 4 is 11.9 Å². The monoisotopic (exact) mass is 286 g/mol. The Bertz CT molecular complexity index is 702. The Morgan fingerprint density at radius 2 is 1.95 bits per heavy atom. The number of nitrogens with zero attached hydrogens (tertiary/aromatic N) is 1. The number of rotatable bonds is 4. The van der Waals surface area contributed by atoms with E-state index in [-0.39, 0.29) is 5.56 Å². The zero-order valence-electron chi connectivity index (χ0n) is 11.5. The van der Waals surface area contributed by atoms with Crippen molar-refractivity contribution in [3.8, 4) is 11.3 Å². The Morgan fingerprint density at radius 1 is 1.29 bits per heavy atom. The summed E-state index contributed by atoms with van der Waals surface area (Å²) in [7, 11) is 0. The third-order valence-corrected chi connectivity index (χ3v) is 3.56. The lowest BCUT2D eigenvalue weighted by Crippen LogP contribution is -2.35. The molecule has 0 saturated heterocycles. The second-order valence-corrected chi connectivity index (χ2v) is 5.08. The van der Waals surface area contributed by atoms with Crippen molar-refractivity contribution in [2.24, 2.45) is 5.73 Å². The molecule has 1 aromatic carbocycles. The fraction of sp³-hybridized carbons (Fsp3) is 0.267. The highest BCUT2D eigenvalue weighted by Crippen LogP contribution is 2.40. The number of amides is 1. The van der Waals surface area contributed by atoms with Crippen LogP contribution in [0, 0.1) is 6.92 Å². The first-order valence-electron chi connectivity index (χ1n) is 6.58. The SMILES string of the molecule is Cc1onc(-c2ccccc2)c1C(=O)OC1(C(N)=O)CC1. The van der Waals surface area contributed by atoms with Gasteiger partial charge in [-0.1, -0.05) is 35.5 Å². The molecule has 0 radical (unpaired) electrons. The Hall–Kier alpha value is -2.63. The number of benzene rings is 1. The molecule has 6 heteroatoms. The number of aryl methyl sites for hydroxylation is 1. The molecule has 21 heavy (non-hydrogen) atoms. The van der Waals surface area contributed by atoms with Gasteiger partial charge in [-0.2, -0.15) is 0 Å². The number of hydrogen-bond donors (Lipinski definition) is 1. The van der Waals surface area contributed by atoms with Gasteiger partial charge in [-0.3, -0.25) is 4.79 Å². The van der Waals surface area contributed by atoms with Gasteiger partial charge in [0, 0.05) is 18.4 Å². The number of esters is 1. The van der Waals surface area contributed by atoms with Crippen molar-refractivity contribution in [2.75, 3.05) is 0 Å². The van der Waals surface area contributed by atoms with Crippen LogP contribution in [-0.4, -0.2) is 22.6 Å². The summed E-state index contributed by atoms with van der Waals surface area (Å²) in [5.74, 6) is -0.908. The number of hydrogen-bond acceptors (Lipinski definition) is 5. The van der Waals surface area contributed by atoms with Gasteiger partial charge < -0.3 is 15.0 Å². The van der Waals surface area contributed by atoms with Crippen molar-refractivity contribution in [2.45, 2.75) is 25.4 Å². The van der Waals surface area contributed by atoms with E-state index in [9.17, 15) is 9.59 Å². The number of carbonyl (C=O) groups excluding carboxylic acids is 2. The number of aromatic nitrogens is 1. The molecule has 0 bridgehead atoms. The topological polar surface area (TPSA) is 95.4 Å². The van der Waals surface area contributed by atoms with E-state index in [1.165, 1.54) is 0 Å². The van der Waals surface area contributed by atoms with Crippen LogP contribution in [0.25, 0.3) is 11.3 Å². The third kappa shape index (κ3) is 2.29. The molecule has 1 aliphatic carbocycles. The fourth-order valence-electron chi connectivity index (χ4n) is 2.15. The van der Waals surface area contributed by atoms with Crippen LogP contribution in [0.15, 0.2) is 34.9 Å². The zero-order chi connectivity index (χ0) is 15.0. The Labute approximate surface area is 120 Å². The van der Waals surface area contributed by atoms with Crippen molar-refractivity contribution < 1.29 is 18.8 Å². The second-order valence-electron chi connectivity index (χ2n) is 5.08. The van der Waals surface area contributed by atoms with E-state index in [1.54, 1.807) is 6.92 Å². The van der Waals surface area contributed by atoms with Gasteiger partial charge in [0.25, 0.3) is 5.91 Å². The van der Waals surface area contributed by atoms with Crippen LogP contribution in [0.5, 0.6) is 0 Å². The summed E-state index contributed by atoms with van der Waals surface area (Å²) in [6, 6.07) is 9.16. The van der Waals surface area contributed by atoms with E-state index >= 15 is 0 Å². The maximum atomic E-state index is 12.4. The highest BCUT2D eigenvalue weighted by molar-refractivity contribution is 5.99. The standard InChI is InChI=1S/C15H14N2O4/c1-9-11(13(18)20-15(7-8-15)14(16)19)12(17-21-9)10-5-3-2-4-6-10/h2-6H,7-8H2,1H3,(H2,16,19). The van der Waals surface area contributed by atoms with Crippen LogP contribution < -0.4 is 5.73 Å². The van der Waals surface area contributed by atoms with Gasteiger partial charge in [0.2, 0.25) is 0 Å². The largest absolute Gasteiger partial charge is 0.445 e. The van der Waals surface area contributed by atoms with Crippen LogP contribution in [0.3, 0.4) is 0 Å². The molecule has 1 aliphatic rings. The molecule has 0 spiro atoms. The third-order valence-electron chi connectivity index (χ3n) is 3.56. The molecule has 3 rings (SSSR count). The average Bonchev–Trinajstić information content (AvgIpc) is 3.15. The summed E-state index contributed by atoms with van der Waals surface area (Å²) in [6.07, 6.45) is 0.915. The summed E-state index contributed by atoms with van der Waals surface area (Å²) in [5, 5.41) is 3.91. The molecule has 1 fully saturated rings. The van der Waals surface area contributed by atoms with Gasteiger partial charge in [0.1, 0.15) is 17.0 Å². The second kappa shape index (κ2) is 4.73. The highest BCUT2D eigenvalue weighted by Gasteiger charge is 2.53. The predicted octanol–water partition coefficient (Wildman–Crippen LogP) is 1.82. The number of carbonyl (C=O) groups is 2. The molecule has 0 atom stereocenters. The lowest BCUT2D eigenvalue weighted by Gasteiger charge is -2.12. The van der Waals surface area contributed by atoms with E-state index in [2.05, 4.69) is 5.16 Å². The van der Waals surface area contributed by atoms with E-state index in [1.807, 2.05) is 30.3 Å². The minimum Gasteiger partial charge on any atom is -0.445 e. The lowest BCUT2D eigenvalue weighted by molar-refractivity contribution is -0.128. The Morgan fingerprint density at radius 3 is 2.52 bits per heavy atom. The average molecular weight is 286 g/mol. The maximum absolute atomic E-state index is 12.4. The normalized spacial score (nSPS) is 15.5. The van der Waals surface area contributed by atoms with E-state index in [0.717, 1.165) is 5.56 Å². The smallest absolute Gasteiger partial charge is 0.345 e. The zero-order valence-corrected chi connectivity index (χ0v) is 11.5. The summed E-state index contributed by atoms with van der Waals surface area (Å²) >= 11 is 0. The predicted molar refractivity (Wildman–Crippen MR) is 73.3 cm³/mol. The van der Waals surface area contributed by atoms with Gasteiger partial charge in [0.15, 0.2) is 5.60 Å². The first-order chi connectivity index (χ1) is 10.0. The van der Waals surface area contributed by atoms with Gasteiger partial charge in [-0.25, -0.2) is 4.79 Å². The Kier molecular flexibility index (Phi) is 3.01. The van der Waals surface area contributed by atoms with Crippen molar-refractivity contribution in [1.29, 1.82) is 0 Å². The molecule has 1 amide bonds. The van der Waals surface area contributed by atoms with Crippen molar-refractivity contribution in [3.05, 3.63) is 41.7 Å². The number of ether oxygens (including phenoxy) is 1. The molecule has 2 N–H and O–H groups in total. The van der Waals surface area contributed by atoms with Crippen molar-refractivity contribution in [3.63, 3.8) is 0 Å². The molecule has 6 nitrogen and oxygen atoms in total. The maximum Gasteiger partial charge on any atom is 0.345 e. The highest BCUT2D eigenvalue weighted by atomic mass is 16.6. The molecular weight excluding hydrogens is 272 g/mol. The fourth-order valence-corrected chi connectivity index (χ4v) is 2.15. The summed E-state index contributed by atoms with van der Waals surface area (Å²) < 4.78 is 10.4. The lowest BCUT2D eigenvalue weighted by atomic mass is 10.1. The van der Waals surface area contributed by atoms with Gasteiger partial charge in [-0.15, -0.1) is 0 Å². The summed E-state index contributed by atoms with van der Waals surface area (Å²) in [4.78, 5) is 23.7. The molecular formula is C15H14N2O4. The molecule has 1 saturated carbocycles. The van der Waals surface area contributed by atoms with Gasteiger partial charge in [-0.05, 0) is 6.92 Å². The van der Waals surface area contributed by atoms with Crippen LogP contribution in [0.2, 0.25) is 0 Å². The van der Waals surface area contributed by atoms with Gasteiger partial charge in [0.05, 0.1) is 0 Å². The summed E-state index contributed by atoms with van der Waals surface area (Å²) in [5.41, 5.74) is 5.48. The minimum atomic E-state index is -1.16. The molecule has 1 aromatic heterocycles. The van der Waals surface area contributed by atoms with Crippen LogP contribution in [0.1, 0.15) is 29.0 Å². The van der Waals surface area contributed by atoms with E-state index in [0.29, 0.717) is 24.3 Å². The molecule has 1 heterocycles. The minimum absolute atomic E-state index is 0.230. The number of primary amides is 1. The van der Waals surface area contributed by atoms with E-state index < -0.39 is 17.5 Å².